The molecule has 0 fully saturated rings. The predicted octanol–water partition coefficient (Wildman–Crippen LogP) is 4.00. The summed E-state index contributed by atoms with van der Waals surface area (Å²) in [6, 6.07) is 21.8. The third-order valence-electron chi connectivity index (χ3n) is 4.27. The van der Waals surface area contributed by atoms with Crippen LogP contribution < -0.4 is 0 Å². The highest BCUT2D eigenvalue weighted by Crippen LogP contribution is 2.28. The molecule has 0 bridgehead atoms. The van der Waals surface area contributed by atoms with Gasteiger partial charge in [-0.3, -0.25) is 0 Å². The third-order valence-corrected chi connectivity index (χ3v) is 4.27. The van der Waals surface area contributed by atoms with Crippen molar-refractivity contribution in [1.29, 1.82) is 0 Å². The van der Waals surface area contributed by atoms with Gasteiger partial charge in [0.05, 0.1) is 11.1 Å². The zero-order valence-corrected chi connectivity index (χ0v) is 13.5. The first-order valence-corrected chi connectivity index (χ1v) is 7.86. The second-order valence-corrected chi connectivity index (χ2v) is 5.85. The molecule has 0 radical (unpaired) electrons. The molecule has 1 aromatic heterocycles. The second-order valence-electron chi connectivity index (χ2n) is 5.85. The molecular formula is C20H15N3O2. The standard InChI is InChI=1S/C20H15N3O2/c1-23-18-12-16(11-17(20(24)25)19(18)21-22-23)15-9-7-14(8-10-15)13-5-3-2-4-6-13/h2-12H,1H3,(H,24,25). The van der Waals surface area contributed by atoms with Gasteiger partial charge in [0.2, 0.25) is 0 Å². The van der Waals surface area contributed by atoms with Gasteiger partial charge in [-0.2, -0.15) is 0 Å². The van der Waals surface area contributed by atoms with Gasteiger partial charge in [0.1, 0.15) is 5.52 Å². The van der Waals surface area contributed by atoms with Crippen molar-refractivity contribution in [2.45, 2.75) is 0 Å². The van der Waals surface area contributed by atoms with Crippen LogP contribution in [0.1, 0.15) is 10.4 Å². The molecule has 4 rings (SSSR count). The lowest BCUT2D eigenvalue weighted by Gasteiger charge is -2.07. The molecule has 0 aliphatic rings. The van der Waals surface area contributed by atoms with Crippen molar-refractivity contribution >= 4 is 17.0 Å². The van der Waals surface area contributed by atoms with Crippen molar-refractivity contribution in [2.75, 3.05) is 0 Å². The molecule has 1 heterocycles. The number of benzene rings is 3. The molecule has 0 saturated carbocycles. The first-order valence-electron chi connectivity index (χ1n) is 7.86. The van der Waals surface area contributed by atoms with Crippen LogP contribution in [0.3, 0.4) is 0 Å². The van der Waals surface area contributed by atoms with Gasteiger partial charge in [0, 0.05) is 7.05 Å². The Morgan fingerprint density at radius 3 is 2.12 bits per heavy atom. The fourth-order valence-corrected chi connectivity index (χ4v) is 2.95. The van der Waals surface area contributed by atoms with Crippen LogP contribution >= 0.6 is 0 Å². The maximum Gasteiger partial charge on any atom is 0.338 e. The summed E-state index contributed by atoms with van der Waals surface area (Å²) in [5.74, 6) is -1.01. The molecule has 122 valence electrons. The number of fused-ring (bicyclic) bond motifs is 1. The van der Waals surface area contributed by atoms with Crippen molar-refractivity contribution in [2.24, 2.45) is 7.05 Å². The Bertz CT molecular complexity index is 1070. The molecule has 0 spiro atoms. The van der Waals surface area contributed by atoms with E-state index in [0.717, 1.165) is 22.3 Å². The molecule has 25 heavy (non-hydrogen) atoms. The number of nitrogens with zero attached hydrogens (tertiary/aromatic N) is 3. The van der Waals surface area contributed by atoms with Gasteiger partial charge in [0.25, 0.3) is 0 Å². The van der Waals surface area contributed by atoms with E-state index in [2.05, 4.69) is 22.4 Å². The van der Waals surface area contributed by atoms with Crippen molar-refractivity contribution < 1.29 is 9.90 Å². The number of aryl methyl sites for hydroxylation is 1. The lowest BCUT2D eigenvalue weighted by molar-refractivity contribution is 0.0699. The summed E-state index contributed by atoms with van der Waals surface area (Å²) in [6.07, 6.45) is 0. The summed E-state index contributed by atoms with van der Waals surface area (Å²) in [6.45, 7) is 0. The Balaban J connectivity index is 1.82. The van der Waals surface area contributed by atoms with E-state index < -0.39 is 5.97 Å². The Hall–Kier alpha value is -3.47. The number of carboxylic acid groups (broad SMARTS) is 1. The largest absolute Gasteiger partial charge is 0.478 e. The molecule has 5 nitrogen and oxygen atoms in total. The minimum absolute atomic E-state index is 0.160. The number of carboxylic acids is 1. The van der Waals surface area contributed by atoms with Crippen molar-refractivity contribution in [3.63, 3.8) is 0 Å². The van der Waals surface area contributed by atoms with Gasteiger partial charge in [-0.15, -0.1) is 5.10 Å². The third kappa shape index (κ3) is 2.65. The molecule has 0 amide bonds. The Kier molecular flexibility index (Phi) is 3.54. The first kappa shape index (κ1) is 15.1. The minimum Gasteiger partial charge on any atom is -0.478 e. The van der Waals surface area contributed by atoms with Gasteiger partial charge >= 0.3 is 5.97 Å². The second kappa shape index (κ2) is 5.87. The average molecular weight is 329 g/mol. The average Bonchev–Trinajstić information content (AvgIpc) is 3.03. The summed E-state index contributed by atoms with van der Waals surface area (Å²) >= 11 is 0. The molecule has 4 aromatic rings. The summed E-state index contributed by atoms with van der Waals surface area (Å²) < 4.78 is 1.59. The number of rotatable bonds is 3. The number of hydrogen-bond acceptors (Lipinski definition) is 3. The fraction of sp³-hybridized carbons (Fsp3) is 0.0500. The SMILES string of the molecule is Cn1nnc2c(C(=O)O)cc(-c3ccc(-c4ccccc4)cc3)cc21. The highest BCUT2D eigenvalue weighted by molar-refractivity contribution is 6.03. The molecule has 0 saturated heterocycles. The molecular weight excluding hydrogens is 314 g/mol. The summed E-state index contributed by atoms with van der Waals surface area (Å²) in [5.41, 5.74) is 5.30. The topological polar surface area (TPSA) is 68.0 Å². The highest BCUT2D eigenvalue weighted by Gasteiger charge is 2.15. The van der Waals surface area contributed by atoms with Crippen LogP contribution in [0.2, 0.25) is 0 Å². The minimum atomic E-state index is -1.01. The van der Waals surface area contributed by atoms with Gasteiger partial charge in [0.15, 0.2) is 0 Å². The molecule has 0 aliphatic carbocycles. The molecule has 3 aromatic carbocycles. The fourth-order valence-electron chi connectivity index (χ4n) is 2.95. The van der Waals surface area contributed by atoms with E-state index in [1.807, 2.05) is 48.5 Å². The maximum atomic E-state index is 11.6. The van der Waals surface area contributed by atoms with E-state index in [9.17, 15) is 9.90 Å². The Morgan fingerprint density at radius 1 is 0.880 bits per heavy atom. The van der Waals surface area contributed by atoms with Gasteiger partial charge in [-0.05, 0) is 34.4 Å². The quantitative estimate of drug-likeness (QED) is 0.617. The lowest BCUT2D eigenvalue weighted by atomic mass is 9.98. The number of carbonyl (C=O) groups is 1. The van der Waals surface area contributed by atoms with Gasteiger partial charge in [-0.1, -0.05) is 59.8 Å². The predicted molar refractivity (Wildman–Crippen MR) is 96.3 cm³/mol. The zero-order chi connectivity index (χ0) is 17.4. The molecule has 0 atom stereocenters. The summed E-state index contributed by atoms with van der Waals surface area (Å²) in [7, 11) is 1.75. The number of aromatic nitrogens is 3. The zero-order valence-electron chi connectivity index (χ0n) is 13.5. The van der Waals surface area contributed by atoms with E-state index >= 15 is 0 Å². The van der Waals surface area contributed by atoms with Crippen LogP contribution in [0.15, 0.2) is 66.7 Å². The molecule has 0 aliphatic heterocycles. The maximum absolute atomic E-state index is 11.6. The van der Waals surface area contributed by atoms with Crippen molar-refractivity contribution in [3.05, 3.63) is 72.3 Å². The summed E-state index contributed by atoms with van der Waals surface area (Å²) in [5, 5.41) is 17.4. The normalized spacial score (nSPS) is 10.9. The summed E-state index contributed by atoms with van der Waals surface area (Å²) in [4.78, 5) is 11.6. The lowest BCUT2D eigenvalue weighted by Crippen LogP contribution is -1.99. The van der Waals surface area contributed by atoms with Crippen LogP contribution in [0.4, 0.5) is 0 Å². The smallest absolute Gasteiger partial charge is 0.338 e. The highest BCUT2D eigenvalue weighted by atomic mass is 16.4. The molecule has 1 N–H and O–H groups in total. The molecule has 5 heteroatoms. The van der Waals surface area contributed by atoms with Crippen LogP contribution in [-0.4, -0.2) is 26.1 Å². The monoisotopic (exact) mass is 329 g/mol. The van der Waals surface area contributed by atoms with E-state index in [1.54, 1.807) is 17.8 Å². The van der Waals surface area contributed by atoms with Crippen LogP contribution in [0.5, 0.6) is 0 Å². The Morgan fingerprint density at radius 2 is 1.48 bits per heavy atom. The number of hydrogen-bond donors (Lipinski definition) is 1. The van der Waals surface area contributed by atoms with E-state index in [-0.39, 0.29) is 5.56 Å². The van der Waals surface area contributed by atoms with Gasteiger partial charge in [-0.25, -0.2) is 9.48 Å². The van der Waals surface area contributed by atoms with E-state index in [0.29, 0.717) is 11.0 Å². The van der Waals surface area contributed by atoms with Gasteiger partial charge < -0.3 is 5.11 Å². The molecule has 0 unspecified atom stereocenters. The van der Waals surface area contributed by atoms with Crippen molar-refractivity contribution in [3.8, 4) is 22.3 Å². The number of aromatic carboxylic acids is 1. The van der Waals surface area contributed by atoms with E-state index in [4.69, 9.17) is 0 Å². The van der Waals surface area contributed by atoms with Crippen LogP contribution in [-0.2, 0) is 7.05 Å². The first-order chi connectivity index (χ1) is 12.1. The Labute approximate surface area is 144 Å². The van der Waals surface area contributed by atoms with E-state index in [1.165, 1.54) is 0 Å². The van der Waals surface area contributed by atoms with Crippen molar-refractivity contribution in [1.82, 2.24) is 15.0 Å². The van der Waals surface area contributed by atoms with Crippen LogP contribution in [0, 0.1) is 0 Å². The van der Waals surface area contributed by atoms with Crippen LogP contribution in [0.25, 0.3) is 33.3 Å².